The quantitative estimate of drug-likeness (QED) is 0.776. The lowest BCUT2D eigenvalue weighted by Crippen LogP contribution is -2.27. The summed E-state index contributed by atoms with van der Waals surface area (Å²) in [7, 11) is 1.84. The number of carbonyl (C=O) groups is 1. The van der Waals surface area contributed by atoms with Crippen molar-refractivity contribution in [1.29, 1.82) is 0 Å². The smallest absolute Gasteiger partial charge is 0.325 e. The number of esters is 1. The van der Waals surface area contributed by atoms with E-state index in [9.17, 15) is 4.79 Å². The maximum absolute atomic E-state index is 11.4. The molecule has 5 heteroatoms. The molecule has 18 heavy (non-hydrogen) atoms. The Morgan fingerprint density at radius 3 is 3.00 bits per heavy atom. The van der Waals surface area contributed by atoms with Crippen LogP contribution < -0.4 is 4.90 Å². The van der Waals surface area contributed by atoms with E-state index in [2.05, 4.69) is 4.98 Å². The number of fused-ring (bicyclic) bond motifs is 1. The van der Waals surface area contributed by atoms with Gasteiger partial charge in [0.05, 0.1) is 6.61 Å². The van der Waals surface area contributed by atoms with E-state index in [0.29, 0.717) is 12.5 Å². The standard InChI is InChI=1S/C13H16N2O3/c1-4-17-13(16)8-15(3)10-5-6-12-11(7-10)14-9(2)18-12/h5-7H,4,8H2,1-3H3. The summed E-state index contributed by atoms with van der Waals surface area (Å²) in [5, 5.41) is 0. The van der Waals surface area contributed by atoms with E-state index < -0.39 is 0 Å². The van der Waals surface area contributed by atoms with Gasteiger partial charge in [-0.2, -0.15) is 0 Å². The zero-order chi connectivity index (χ0) is 13.1. The lowest BCUT2D eigenvalue weighted by atomic mass is 10.2. The van der Waals surface area contributed by atoms with Gasteiger partial charge in [0.1, 0.15) is 12.1 Å². The maximum Gasteiger partial charge on any atom is 0.325 e. The van der Waals surface area contributed by atoms with Gasteiger partial charge in [-0.3, -0.25) is 4.79 Å². The van der Waals surface area contributed by atoms with Crippen LogP contribution in [-0.4, -0.2) is 31.2 Å². The molecule has 1 heterocycles. The number of likely N-dealkylation sites (N-methyl/N-ethyl adjacent to an activating group) is 1. The van der Waals surface area contributed by atoms with Gasteiger partial charge >= 0.3 is 5.97 Å². The highest BCUT2D eigenvalue weighted by Gasteiger charge is 2.10. The number of benzene rings is 1. The van der Waals surface area contributed by atoms with Gasteiger partial charge < -0.3 is 14.1 Å². The second kappa shape index (κ2) is 5.08. The van der Waals surface area contributed by atoms with Crippen molar-refractivity contribution in [1.82, 2.24) is 4.98 Å². The van der Waals surface area contributed by atoms with Crippen LogP contribution >= 0.6 is 0 Å². The van der Waals surface area contributed by atoms with Crippen molar-refractivity contribution in [2.75, 3.05) is 25.1 Å². The Morgan fingerprint density at radius 2 is 2.28 bits per heavy atom. The first-order chi connectivity index (χ1) is 8.60. The summed E-state index contributed by atoms with van der Waals surface area (Å²) in [6.45, 7) is 4.22. The number of rotatable bonds is 4. The van der Waals surface area contributed by atoms with Crippen LogP contribution in [0.2, 0.25) is 0 Å². The largest absolute Gasteiger partial charge is 0.465 e. The molecule has 0 atom stereocenters. The molecule has 0 unspecified atom stereocenters. The minimum absolute atomic E-state index is 0.218. The predicted octanol–water partition coefficient (Wildman–Crippen LogP) is 2.14. The number of hydrogen-bond acceptors (Lipinski definition) is 5. The molecular weight excluding hydrogens is 232 g/mol. The Balaban J connectivity index is 2.17. The Labute approximate surface area is 105 Å². The average Bonchev–Trinajstić information content (AvgIpc) is 2.68. The third-order valence-electron chi connectivity index (χ3n) is 2.59. The zero-order valence-electron chi connectivity index (χ0n) is 10.8. The fourth-order valence-electron chi connectivity index (χ4n) is 1.76. The number of aryl methyl sites for hydroxylation is 1. The van der Waals surface area contributed by atoms with Crippen molar-refractivity contribution in [3.63, 3.8) is 0 Å². The maximum atomic E-state index is 11.4. The highest BCUT2D eigenvalue weighted by molar-refractivity contribution is 5.80. The molecule has 0 fully saturated rings. The predicted molar refractivity (Wildman–Crippen MR) is 68.6 cm³/mol. The minimum atomic E-state index is -0.239. The van der Waals surface area contributed by atoms with E-state index in [-0.39, 0.29) is 12.5 Å². The number of carbonyl (C=O) groups excluding carboxylic acids is 1. The fourth-order valence-corrected chi connectivity index (χ4v) is 1.76. The lowest BCUT2D eigenvalue weighted by Gasteiger charge is -2.17. The third kappa shape index (κ3) is 2.61. The van der Waals surface area contributed by atoms with Crippen LogP contribution in [-0.2, 0) is 9.53 Å². The second-order valence-corrected chi connectivity index (χ2v) is 4.05. The summed E-state index contributed by atoms with van der Waals surface area (Å²) in [6, 6.07) is 5.64. The number of ether oxygens (including phenoxy) is 1. The minimum Gasteiger partial charge on any atom is -0.465 e. The second-order valence-electron chi connectivity index (χ2n) is 4.05. The number of anilines is 1. The van der Waals surface area contributed by atoms with Crippen LogP contribution in [0.15, 0.2) is 22.6 Å². The van der Waals surface area contributed by atoms with Crippen molar-refractivity contribution in [3.05, 3.63) is 24.1 Å². The van der Waals surface area contributed by atoms with E-state index in [4.69, 9.17) is 9.15 Å². The zero-order valence-corrected chi connectivity index (χ0v) is 10.8. The number of nitrogens with zero attached hydrogens (tertiary/aromatic N) is 2. The van der Waals surface area contributed by atoms with Gasteiger partial charge in [-0.05, 0) is 25.1 Å². The van der Waals surface area contributed by atoms with Gasteiger partial charge in [0.2, 0.25) is 0 Å². The van der Waals surface area contributed by atoms with Crippen molar-refractivity contribution in [3.8, 4) is 0 Å². The van der Waals surface area contributed by atoms with Gasteiger partial charge in [0.25, 0.3) is 0 Å². The summed E-state index contributed by atoms with van der Waals surface area (Å²) in [5.41, 5.74) is 2.45. The highest BCUT2D eigenvalue weighted by Crippen LogP contribution is 2.21. The molecule has 1 aromatic carbocycles. The Hall–Kier alpha value is -2.04. The SMILES string of the molecule is CCOC(=O)CN(C)c1ccc2oc(C)nc2c1. The summed E-state index contributed by atoms with van der Waals surface area (Å²) in [4.78, 5) is 17.5. The van der Waals surface area contributed by atoms with Crippen LogP contribution in [0, 0.1) is 6.92 Å². The molecule has 2 aromatic rings. The number of hydrogen-bond donors (Lipinski definition) is 0. The number of aromatic nitrogens is 1. The third-order valence-corrected chi connectivity index (χ3v) is 2.59. The van der Waals surface area contributed by atoms with Crippen LogP contribution in [0.4, 0.5) is 5.69 Å². The first-order valence-electron chi connectivity index (χ1n) is 5.84. The molecule has 0 spiro atoms. The van der Waals surface area contributed by atoms with Gasteiger partial charge in [0.15, 0.2) is 11.5 Å². The molecule has 0 aliphatic rings. The van der Waals surface area contributed by atoms with Crippen molar-refractivity contribution >= 4 is 22.8 Å². The van der Waals surface area contributed by atoms with Gasteiger partial charge in [-0.25, -0.2) is 4.98 Å². The molecule has 0 saturated carbocycles. The average molecular weight is 248 g/mol. The van der Waals surface area contributed by atoms with E-state index >= 15 is 0 Å². The summed E-state index contributed by atoms with van der Waals surface area (Å²) >= 11 is 0. The Bertz CT molecular complexity index is 562. The van der Waals surface area contributed by atoms with Gasteiger partial charge in [0, 0.05) is 19.7 Å². The Morgan fingerprint density at radius 1 is 1.50 bits per heavy atom. The summed E-state index contributed by atoms with van der Waals surface area (Å²) in [6.07, 6.45) is 0. The molecule has 0 amide bonds. The van der Waals surface area contributed by atoms with E-state index in [1.165, 1.54) is 0 Å². The first kappa shape index (κ1) is 12.4. The van der Waals surface area contributed by atoms with Crippen LogP contribution in [0.25, 0.3) is 11.1 Å². The molecule has 0 radical (unpaired) electrons. The van der Waals surface area contributed by atoms with Gasteiger partial charge in [-0.1, -0.05) is 0 Å². The van der Waals surface area contributed by atoms with Crippen molar-refractivity contribution in [2.45, 2.75) is 13.8 Å². The summed E-state index contributed by atoms with van der Waals surface area (Å²) in [5.74, 6) is 0.395. The molecule has 0 bridgehead atoms. The number of oxazole rings is 1. The Kier molecular flexibility index (Phi) is 3.50. The topological polar surface area (TPSA) is 55.6 Å². The van der Waals surface area contributed by atoms with Crippen LogP contribution in [0.5, 0.6) is 0 Å². The van der Waals surface area contributed by atoms with E-state index in [0.717, 1.165) is 16.8 Å². The molecule has 0 saturated heterocycles. The normalized spacial score (nSPS) is 10.6. The molecule has 0 aliphatic carbocycles. The molecule has 0 aliphatic heterocycles. The molecule has 1 aromatic heterocycles. The van der Waals surface area contributed by atoms with E-state index in [1.54, 1.807) is 6.92 Å². The van der Waals surface area contributed by atoms with Crippen molar-refractivity contribution < 1.29 is 13.9 Å². The molecule has 0 N–H and O–H groups in total. The van der Waals surface area contributed by atoms with Crippen LogP contribution in [0.3, 0.4) is 0 Å². The monoisotopic (exact) mass is 248 g/mol. The van der Waals surface area contributed by atoms with Crippen LogP contribution in [0.1, 0.15) is 12.8 Å². The molecule has 96 valence electrons. The highest BCUT2D eigenvalue weighted by atomic mass is 16.5. The van der Waals surface area contributed by atoms with Crippen molar-refractivity contribution in [2.24, 2.45) is 0 Å². The first-order valence-corrected chi connectivity index (χ1v) is 5.84. The fraction of sp³-hybridized carbons (Fsp3) is 0.385. The van der Waals surface area contributed by atoms with Gasteiger partial charge in [-0.15, -0.1) is 0 Å². The molecule has 2 rings (SSSR count). The molecular formula is C13H16N2O3. The molecule has 5 nitrogen and oxygen atoms in total. The lowest BCUT2D eigenvalue weighted by molar-refractivity contribution is -0.141. The summed E-state index contributed by atoms with van der Waals surface area (Å²) < 4.78 is 10.3. The van der Waals surface area contributed by atoms with E-state index in [1.807, 2.05) is 37.1 Å².